The number of hydrogen-bond acceptors (Lipinski definition) is 4. The molecule has 0 bridgehead atoms. The molecule has 3 unspecified atom stereocenters. The fourth-order valence-corrected chi connectivity index (χ4v) is 2.88. The maximum absolute atomic E-state index is 12.8. The van der Waals surface area contributed by atoms with Gasteiger partial charge in [0.1, 0.15) is 11.7 Å². The van der Waals surface area contributed by atoms with E-state index in [1.165, 1.54) is 18.6 Å². The van der Waals surface area contributed by atoms with E-state index in [2.05, 4.69) is 34.4 Å². The van der Waals surface area contributed by atoms with Crippen molar-refractivity contribution >= 4 is 11.8 Å². The standard InChI is InChI=1S/C21H28N4O2/c1-4-15(2)12-16(3)24-20(26)18(13-17-8-6-5-7-9-17)25-21(27)19-14-22-10-11-23-19/h5-11,14-16,18H,4,12-13H2,1-3H3,(H,24,26)(H,25,27). The van der Waals surface area contributed by atoms with Crippen LogP contribution in [0.25, 0.3) is 0 Å². The van der Waals surface area contributed by atoms with Gasteiger partial charge in [0.2, 0.25) is 5.91 Å². The molecule has 2 N–H and O–H groups in total. The predicted octanol–water partition coefficient (Wildman–Crippen LogP) is 2.76. The van der Waals surface area contributed by atoms with Crippen molar-refractivity contribution in [3.63, 3.8) is 0 Å². The van der Waals surface area contributed by atoms with Crippen LogP contribution in [0.4, 0.5) is 0 Å². The average Bonchev–Trinajstić information content (AvgIpc) is 2.68. The lowest BCUT2D eigenvalue weighted by atomic mass is 9.99. The Morgan fingerprint density at radius 1 is 1.07 bits per heavy atom. The van der Waals surface area contributed by atoms with Crippen molar-refractivity contribution in [1.29, 1.82) is 0 Å². The van der Waals surface area contributed by atoms with E-state index in [-0.39, 0.29) is 17.6 Å². The third kappa shape index (κ3) is 6.81. The minimum absolute atomic E-state index is 0.0409. The van der Waals surface area contributed by atoms with Crippen LogP contribution in [-0.4, -0.2) is 33.9 Å². The van der Waals surface area contributed by atoms with Crippen LogP contribution in [-0.2, 0) is 11.2 Å². The number of nitrogens with one attached hydrogen (secondary N) is 2. The lowest BCUT2D eigenvalue weighted by Gasteiger charge is -2.23. The Morgan fingerprint density at radius 3 is 2.44 bits per heavy atom. The molecule has 1 aromatic carbocycles. The smallest absolute Gasteiger partial charge is 0.272 e. The highest BCUT2D eigenvalue weighted by Crippen LogP contribution is 2.10. The summed E-state index contributed by atoms with van der Waals surface area (Å²) in [5, 5.41) is 5.83. The summed E-state index contributed by atoms with van der Waals surface area (Å²) in [5.74, 6) is -0.0669. The summed E-state index contributed by atoms with van der Waals surface area (Å²) in [6.07, 6.45) is 6.72. The molecule has 2 rings (SSSR count). The lowest BCUT2D eigenvalue weighted by molar-refractivity contribution is -0.123. The molecule has 2 aromatic rings. The van der Waals surface area contributed by atoms with Gasteiger partial charge in [-0.05, 0) is 24.8 Å². The minimum atomic E-state index is -0.679. The fourth-order valence-electron chi connectivity index (χ4n) is 2.88. The Bertz CT molecular complexity index is 721. The zero-order valence-corrected chi connectivity index (χ0v) is 16.2. The molecule has 144 valence electrons. The highest BCUT2D eigenvalue weighted by atomic mass is 16.2. The van der Waals surface area contributed by atoms with E-state index in [0.29, 0.717) is 12.3 Å². The second kappa shape index (κ2) is 10.4. The van der Waals surface area contributed by atoms with Crippen LogP contribution in [0.5, 0.6) is 0 Å². The highest BCUT2D eigenvalue weighted by Gasteiger charge is 2.24. The van der Waals surface area contributed by atoms with E-state index in [0.717, 1.165) is 18.4 Å². The van der Waals surface area contributed by atoms with Crippen molar-refractivity contribution in [2.75, 3.05) is 0 Å². The van der Waals surface area contributed by atoms with Crippen LogP contribution in [0.3, 0.4) is 0 Å². The zero-order chi connectivity index (χ0) is 19.6. The molecule has 0 saturated carbocycles. The van der Waals surface area contributed by atoms with E-state index in [1.807, 2.05) is 37.3 Å². The van der Waals surface area contributed by atoms with E-state index >= 15 is 0 Å². The molecule has 2 amide bonds. The van der Waals surface area contributed by atoms with E-state index in [4.69, 9.17) is 0 Å². The molecular formula is C21H28N4O2. The fraction of sp³-hybridized carbons (Fsp3) is 0.429. The third-order valence-corrected chi connectivity index (χ3v) is 4.54. The molecule has 6 nitrogen and oxygen atoms in total. The summed E-state index contributed by atoms with van der Waals surface area (Å²) in [6.45, 7) is 6.30. The van der Waals surface area contributed by atoms with Gasteiger partial charge in [0, 0.05) is 24.9 Å². The molecule has 0 aliphatic carbocycles. The minimum Gasteiger partial charge on any atom is -0.352 e. The van der Waals surface area contributed by atoms with Crippen LogP contribution in [0.1, 0.15) is 49.7 Å². The quantitative estimate of drug-likeness (QED) is 0.713. The summed E-state index contributed by atoms with van der Waals surface area (Å²) >= 11 is 0. The summed E-state index contributed by atoms with van der Waals surface area (Å²) in [7, 11) is 0. The number of carbonyl (C=O) groups excluding carboxylic acids is 2. The number of nitrogens with zero attached hydrogens (tertiary/aromatic N) is 2. The Kier molecular flexibility index (Phi) is 7.92. The number of amides is 2. The Labute approximate surface area is 160 Å². The molecule has 27 heavy (non-hydrogen) atoms. The van der Waals surface area contributed by atoms with Crippen molar-refractivity contribution in [3.05, 3.63) is 60.2 Å². The first-order valence-electron chi connectivity index (χ1n) is 9.40. The maximum Gasteiger partial charge on any atom is 0.272 e. The summed E-state index contributed by atoms with van der Waals surface area (Å²) in [6, 6.07) is 9.00. The number of carbonyl (C=O) groups is 2. The van der Waals surface area contributed by atoms with Gasteiger partial charge in [0.15, 0.2) is 0 Å². The number of rotatable bonds is 9. The molecule has 1 heterocycles. The van der Waals surface area contributed by atoms with Gasteiger partial charge < -0.3 is 10.6 Å². The van der Waals surface area contributed by atoms with Crippen LogP contribution >= 0.6 is 0 Å². The van der Waals surface area contributed by atoms with Crippen molar-refractivity contribution in [3.8, 4) is 0 Å². The zero-order valence-electron chi connectivity index (χ0n) is 16.2. The molecule has 0 saturated heterocycles. The summed E-state index contributed by atoms with van der Waals surface area (Å²) in [5.41, 5.74) is 1.17. The number of benzene rings is 1. The molecule has 1 aromatic heterocycles. The largest absolute Gasteiger partial charge is 0.352 e. The third-order valence-electron chi connectivity index (χ3n) is 4.54. The lowest BCUT2D eigenvalue weighted by Crippen LogP contribution is -2.50. The van der Waals surface area contributed by atoms with Crippen LogP contribution in [0.15, 0.2) is 48.9 Å². The van der Waals surface area contributed by atoms with Crippen LogP contribution in [0, 0.1) is 5.92 Å². The van der Waals surface area contributed by atoms with E-state index in [9.17, 15) is 9.59 Å². The molecule has 0 spiro atoms. The Hall–Kier alpha value is -2.76. The molecule has 0 radical (unpaired) electrons. The number of hydrogen-bond donors (Lipinski definition) is 2. The molecule has 6 heteroatoms. The monoisotopic (exact) mass is 368 g/mol. The topological polar surface area (TPSA) is 84.0 Å². The second-order valence-electron chi connectivity index (χ2n) is 6.97. The first-order valence-corrected chi connectivity index (χ1v) is 9.40. The summed E-state index contributed by atoms with van der Waals surface area (Å²) < 4.78 is 0. The van der Waals surface area contributed by atoms with Crippen LogP contribution in [0.2, 0.25) is 0 Å². The van der Waals surface area contributed by atoms with Crippen molar-refractivity contribution in [1.82, 2.24) is 20.6 Å². The Morgan fingerprint density at radius 2 is 1.81 bits per heavy atom. The first kappa shape index (κ1) is 20.6. The van der Waals surface area contributed by atoms with Gasteiger partial charge in [0.25, 0.3) is 5.91 Å². The van der Waals surface area contributed by atoms with Crippen LogP contribution < -0.4 is 10.6 Å². The van der Waals surface area contributed by atoms with Gasteiger partial charge in [-0.2, -0.15) is 0 Å². The van der Waals surface area contributed by atoms with Gasteiger partial charge in [0.05, 0.1) is 6.20 Å². The van der Waals surface area contributed by atoms with Gasteiger partial charge in [-0.25, -0.2) is 4.98 Å². The van der Waals surface area contributed by atoms with Crippen molar-refractivity contribution in [2.45, 2.75) is 52.1 Å². The van der Waals surface area contributed by atoms with E-state index in [1.54, 1.807) is 0 Å². The van der Waals surface area contributed by atoms with E-state index < -0.39 is 11.9 Å². The first-order chi connectivity index (χ1) is 13.0. The van der Waals surface area contributed by atoms with Crippen molar-refractivity contribution in [2.24, 2.45) is 5.92 Å². The average molecular weight is 368 g/mol. The normalized spacial score (nSPS) is 14.0. The van der Waals surface area contributed by atoms with Gasteiger partial charge >= 0.3 is 0 Å². The van der Waals surface area contributed by atoms with Gasteiger partial charge in [-0.3, -0.25) is 14.6 Å². The van der Waals surface area contributed by atoms with Crippen molar-refractivity contribution < 1.29 is 9.59 Å². The van der Waals surface area contributed by atoms with Gasteiger partial charge in [-0.15, -0.1) is 0 Å². The molecule has 0 aliphatic rings. The molecule has 0 fully saturated rings. The molecule has 0 aliphatic heterocycles. The highest BCUT2D eigenvalue weighted by molar-refractivity contribution is 5.96. The predicted molar refractivity (Wildman–Crippen MR) is 105 cm³/mol. The Balaban J connectivity index is 2.08. The maximum atomic E-state index is 12.8. The summed E-state index contributed by atoms with van der Waals surface area (Å²) in [4.78, 5) is 33.2. The second-order valence-corrected chi connectivity index (χ2v) is 6.97. The molecule has 3 atom stereocenters. The number of aromatic nitrogens is 2. The van der Waals surface area contributed by atoms with Gasteiger partial charge in [-0.1, -0.05) is 50.6 Å². The molecular weight excluding hydrogens is 340 g/mol. The SMILES string of the molecule is CCC(C)CC(C)NC(=O)C(Cc1ccccc1)NC(=O)c1cnccn1.